The topological polar surface area (TPSA) is 4.93 Å². The molecule has 0 unspecified atom stereocenters. The van der Waals surface area contributed by atoms with Crippen molar-refractivity contribution in [2.24, 2.45) is 0 Å². The molecule has 0 aliphatic rings. The van der Waals surface area contributed by atoms with E-state index in [0.29, 0.717) is 0 Å². The van der Waals surface area contributed by atoms with Gasteiger partial charge in [0.1, 0.15) is 0 Å². The van der Waals surface area contributed by atoms with E-state index in [1.54, 1.807) is 0 Å². The van der Waals surface area contributed by atoms with Gasteiger partial charge in [-0.15, -0.1) is 0 Å². The van der Waals surface area contributed by atoms with Crippen LogP contribution in [-0.4, -0.2) is 4.57 Å². The van der Waals surface area contributed by atoms with Gasteiger partial charge in [0, 0.05) is 26.5 Å². The molecule has 0 N–H and O–H groups in total. The van der Waals surface area contributed by atoms with Crippen LogP contribution in [0.1, 0.15) is 0 Å². The number of hydrogen-bond acceptors (Lipinski definition) is 0. The first-order chi connectivity index (χ1) is 15.8. The minimum Gasteiger partial charge on any atom is -0.309 e. The molecule has 0 fully saturated rings. The molecule has 0 amide bonds. The maximum absolute atomic E-state index is 3.69. The number of benzene rings is 5. The van der Waals surface area contributed by atoms with Gasteiger partial charge >= 0.3 is 0 Å². The van der Waals surface area contributed by atoms with Gasteiger partial charge in [-0.1, -0.05) is 107 Å². The molecule has 2 heteroatoms. The van der Waals surface area contributed by atoms with Crippen LogP contribution in [-0.2, 0) is 0 Å². The monoisotopic (exact) mass is 473 g/mol. The molecule has 0 spiro atoms. The fraction of sp³-hybridized carbons (Fsp3) is 0. The van der Waals surface area contributed by atoms with Crippen molar-refractivity contribution in [3.63, 3.8) is 0 Å². The number of halogens is 1. The molecule has 0 atom stereocenters. The van der Waals surface area contributed by atoms with E-state index < -0.39 is 0 Å². The van der Waals surface area contributed by atoms with Crippen molar-refractivity contribution in [2.75, 3.05) is 0 Å². The number of rotatable bonds is 3. The summed E-state index contributed by atoms with van der Waals surface area (Å²) in [5, 5.41) is 2.50. The molecule has 32 heavy (non-hydrogen) atoms. The largest absolute Gasteiger partial charge is 0.309 e. The van der Waals surface area contributed by atoms with Gasteiger partial charge in [0.05, 0.1) is 11.0 Å². The van der Waals surface area contributed by atoms with Crippen LogP contribution < -0.4 is 0 Å². The van der Waals surface area contributed by atoms with E-state index >= 15 is 0 Å². The molecular weight excluding hydrogens is 454 g/mol. The predicted octanol–water partition coefficient (Wildman–Crippen LogP) is 8.88. The predicted molar refractivity (Wildman–Crippen MR) is 139 cm³/mol. The van der Waals surface area contributed by atoms with Crippen molar-refractivity contribution in [2.45, 2.75) is 0 Å². The minimum absolute atomic E-state index is 1.09. The van der Waals surface area contributed by atoms with E-state index in [-0.39, 0.29) is 0 Å². The number of aromatic nitrogens is 1. The van der Waals surface area contributed by atoms with Gasteiger partial charge in [0.15, 0.2) is 0 Å². The Kier molecular flexibility index (Phi) is 4.66. The quantitative estimate of drug-likeness (QED) is 0.241. The minimum atomic E-state index is 1.09. The molecule has 1 nitrogen and oxygen atoms in total. The Hall–Kier alpha value is -3.62. The summed E-state index contributed by atoms with van der Waals surface area (Å²) in [6, 6.07) is 43.2. The van der Waals surface area contributed by atoms with Gasteiger partial charge < -0.3 is 4.57 Å². The van der Waals surface area contributed by atoms with Crippen molar-refractivity contribution < 1.29 is 0 Å². The summed E-state index contributed by atoms with van der Waals surface area (Å²) in [5.74, 6) is 0. The van der Waals surface area contributed by atoms with Gasteiger partial charge in [-0.3, -0.25) is 0 Å². The fourth-order valence-electron chi connectivity index (χ4n) is 4.68. The number of fused-ring (bicyclic) bond motifs is 3. The fourth-order valence-corrected chi connectivity index (χ4v) is 5.04. The van der Waals surface area contributed by atoms with Crippen LogP contribution in [0.4, 0.5) is 0 Å². The highest BCUT2D eigenvalue weighted by Gasteiger charge is 2.20. The first-order valence-corrected chi connectivity index (χ1v) is 11.5. The second-order valence-electron chi connectivity index (χ2n) is 7.95. The zero-order chi connectivity index (χ0) is 21.5. The average molecular weight is 474 g/mol. The van der Waals surface area contributed by atoms with Crippen LogP contribution in [0.2, 0.25) is 0 Å². The second-order valence-corrected chi connectivity index (χ2v) is 8.86. The Labute approximate surface area is 195 Å². The van der Waals surface area contributed by atoms with E-state index in [9.17, 15) is 0 Å². The molecule has 6 aromatic rings. The SMILES string of the molecule is Brc1ccc2c(c1)c1ccc(-c3ccccc3)c(-c3ccccc3)c1n2-c1ccccc1. The molecule has 6 rings (SSSR count). The third kappa shape index (κ3) is 3.07. The molecule has 0 saturated carbocycles. The lowest BCUT2D eigenvalue weighted by molar-refractivity contribution is 1.18. The van der Waals surface area contributed by atoms with Crippen molar-refractivity contribution in [1.82, 2.24) is 4.57 Å². The maximum Gasteiger partial charge on any atom is 0.0625 e. The summed E-state index contributed by atoms with van der Waals surface area (Å²) in [6.07, 6.45) is 0. The van der Waals surface area contributed by atoms with E-state index in [1.807, 2.05) is 0 Å². The summed E-state index contributed by atoms with van der Waals surface area (Å²) >= 11 is 3.69. The molecule has 0 aliphatic carbocycles. The lowest BCUT2D eigenvalue weighted by Gasteiger charge is -2.16. The number of nitrogens with zero attached hydrogens (tertiary/aromatic N) is 1. The zero-order valence-electron chi connectivity index (χ0n) is 17.4. The van der Waals surface area contributed by atoms with Gasteiger partial charge in [-0.2, -0.15) is 0 Å². The van der Waals surface area contributed by atoms with E-state index in [1.165, 1.54) is 44.1 Å². The van der Waals surface area contributed by atoms with Crippen LogP contribution >= 0.6 is 15.9 Å². The van der Waals surface area contributed by atoms with Crippen molar-refractivity contribution in [3.8, 4) is 27.9 Å². The van der Waals surface area contributed by atoms with E-state index in [2.05, 4.69) is 142 Å². The van der Waals surface area contributed by atoms with Gasteiger partial charge in [0.2, 0.25) is 0 Å². The maximum atomic E-state index is 3.69. The first-order valence-electron chi connectivity index (χ1n) is 10.7. The standard InChI is InChI=1S/C30H20BrN/c31-23-16-19-28-27(20-23)26-18-17-25(21-10-4-1-5-11-21)29(22-12-6-2-7-13-22)30(26)32(28)24-14-8-3-9-15-24/h1-20H. The third-order valence-corrected chi connectivity index (χ3v) is 6.55. The lowest BCUT2D eigenvalue weighted by atomic mass is 9.92. The Morgan fingerprint density at radius 1 is 0.531 bits per heavy atom. The average Bonchev–Trinajstić information content (AvgIpc) is 3.18. The molecule has 1 heterocycles. The van der Waals surface area contributed by atoms with Crippen LogP contribution in [0, 0.1) is 0 Å². The highest BCUT2D eigenvalue weighted by atomic mass is 79.9. The molecule has 0 bridgehead atoms. The Balaban J connectivity index is 1.85. The van der Waals surface area contributed by atoms with E-state index in [0.717, 1.165) is 10.2 Å². The van der Waals surface area contributed by atoms with Gasteiger partial charge in [0.25, 0.3) is 0 Å². The zero-order valence-corrected chi connectivity index (χ0v) is 19.0. The highest BCUT2D eigenvalue weighted by molar-refractivity contribution is 9.10. The summed E-state index contributed by atoms with van der Waals surface area (Å²) in [4.78, 5) is 0. The van der Waals surface area contributed by atoms with Gasteiger partial charge in [-0.25, -0.2) is 0 Å². The summed E-state index contributed by atoms with van der Waals surface area (Å²) < 4.78 is 3.50. The smallest absolute Gasteiger partial charge is 0.0625 e. The molecule has 0 saturated heterocycles. The van der Waals surface area contributed by atoms with Crippen LogP contribution in [0.15, 0.2) is 126 Å². The summed E-state index contributed by atoms with van der Waals surface area (Å²) in [7, 11) is 0. The summed E-state index contributed by atoms with van der Waals surface area (Å²) in [5.41, 5.74) is 8.54. The molecule has 0 aliphatic heterocycles. The van der Waals surface area contributed by atoms with Crippen LogP contribution in [0.3, 0.4) is 0 Å². The Bertz CT molecular complexity index is 1550. The number of para-hydroxylation sites is 1. The Morgan fingerprint density at radius 3 is 1.84 bits per heavy atom. The van der Waals surface area contributed by atoms with Crippen LogP contribution in [0.5, 0.6) is 0 Å². The van der Waals surface area contributed by atoms with Crippen LogP contribution in [0.25, 0.3) is 49.7 Å². The second kappa shape index (κ2) is 7.81. The highest BCUT2D eigenvalue weighted by Crippen LogP contribution is 2.43. The lowest BCUT2D eigenvalue weighted by Crippen LogP contribution is -1.96. The Morgan fingerprint density at radius 2 is 1.16 bits per heavy atom. The van der Waals surface area contributed by atoms with Crippen molar-refractivity contribution in [3.05, 3.63) is 126 Å². The third-order valence-electron chi connectivity index (χ3n) is 6.05. The van der Waals surface area contributed by atoms with Gasteiger partial charge in [-0.05, 0) is 47.0 Å². The molecule has 152 valence electrons. The summed E-state index contributed by atoms with van der Waals surface area (Å²) in [6.45, 7) is 0. The van der Waals surface area contributed by atoms with Crippen molar-refractivity contribution in [1.29, 1.82) is 0 Å². The first kappa shape index (κ1) is 19.1. The number of hydrogen-bond donors (Lipinski definition) is 0. The molecule has 0 radical (unpaired) electrons. The molecule has 5 aromatic carbocycles. The molecule has 1 aromatic heterocycles. The van der Waals surface area contributed by atoms with E-state index in [4.69, 9.17) is 0 Å². The normalized spacial score (nSPS) is 11.3. The van der Waals surface area contributed by atoms with Crippen molar-refractivity contribution >= 4 is 37.7 Å². The molecular formula is C30H20BrN.